The number of amides is 3. The van der Waals surface area contributed by atoms with E-state index in [9.17, 15) is 24.8 Å². The second kappa shape index (κ2) is 15.6. The van der Waals surface area contributed by atoms with E-state index in [0.717, 1.165) is 36.6 Å². The zero-order valence-electron chi connectivity index (χ0n) is 28.0. The number of nitrogens with zero attached hydrogens (tertiary/aromatic N) is 4. The van der Waals surface area contributed by atoms with Gasteiger partial charge in [-0.1, -0.05) is 67.4 Å². The van der Waals surface area contributed by atoms with E-state index in [1.54, 1.807) is 23.2 Å². The van der Waals surface area contributed by atoms with Gasteiger partial charge in [0.25, 0.3) is 5.91 Å². The van der Waals surface area contributed by atoms with Crippen LogP contribution in [0.1, 0.15) is 68.9 Å². The van der Waals surface area contributed by atoms with Crippen LogP contribution >= 0.6 is 0 Å². The molecule has 11 nitrogen and oxygen atoms in total. The summed E-state index contributed by atoms with van der Waals surface area (Å²) in [5.74, 6) is -0.419. The molecule has 0 bridgehead atoms. The number of nitrogens with one attached hydrogen (secondary N) is 2. The number of ether oxygens (including phenoxy) is 1. The molecule has 3 N–H and O–H groups in total. The first-order valence-electron chi connectivity index (χ1n) is 16.8. The Labute approximate surface area is 282 Å². The summed E-state index contributed by atoms with van der Waals surface area (Å²) in [5.41, 5.74) is 0.962. The number of carbonyl (C=O) groups excluding carboxylic acids is 3. The molecule has 3 amide bonds. The predicted molar refractivity (Wildman–Crippen MR) is 181 cm³/mol. The van der Waals surface area contributed by atoms with Crippen molar-refractivity contribution in [1.29, 1.82) is 5.26 Å². The molecule has 1 saturated heterocycles. The van der Waals surface area contributed by atoms with Gasteiger partial charge >= 0.3 is 6.09 Å². The molecule has 254 valence electrons. The van der Waals surface area contributed by atoms with Crippen LogP contribution in [0.2, 0.25) is 0 Å². The lowest BCUT2D eigenvalue weighted by Crippen LogP contribution is -2.61. The third-order valence-electron chi connectivity index (χ3n) is 9.10. The van der Waals surface area contributed by atoms with Crippen molar-refractivity contribution < 1.29 is 24.2 Å². The van der Waals surface area contributed by atoms with Crippen LogP contribution < -0.4 is 10.6 Å². The van der Waals surface area contributed by atoms with Crippen LogP contribution in [0.4, 0.5) is 4.79 Å². The molecule has 48 heavy (non-hydrogen) atoms. The molecule has 0 radical (unpaired) electrons. The Balaban J connectivity index is 1.34. The predicted octanol–water partition coefficient (Wildman–Crippen LogP) is 4.61. The highest BCUT2D eigenvalue weighted by Gasteiger charge is 2.41. The summed E-state index contributed by atoms with van der Waals surface area (Å²) in [7, 11) is 0. The van der Waals surface area contributed by atoms with E-state index in [0.29, 0.717) is 36.9 Å². The molecule has 5 rings (SSSR count). The van der Waals surface area contributed by atoms with Gasteiger partial charge in [0.05, 0.1) is 30.2 Å². The smallest absolute Gasteiger partial charge is 0.424 e. The number of fused-ring (bicyclic) bond motifs is 2. The standard InChI is InChI=1S/C37H46N6O5/c1-37(2,3)48-36(47)43-23-28-15-8-7-14-27(28)22-42(43)24-33(44)32(21-25-11-5-4-6-12-25)41-35(46)31(19-20-38)40-34(45)30-18-17-26-13-9-10-16-29(26)39-30/h4-6,9-13,16-18,27-28,31-33,44H,7-8,14-15,19,21-24H2,1-3H3,(H,40,45)(H,41,46)/t27?,28?,31-,32-,33?/m0/s1. The third-order valence-corrected chi connectivity index (χ3v) is 9.10. The van der Waals surface area contributed by atoms with Crippen LogP contribution in [0.5, 0.6) is 0 Å². The maximum Gasteiger partial charge on any atom is 0.424 e. The average molecular weight is 655 g/mol. The molecule has 1 saturated carbocycles. The van der Waals surface area contributed by atoms with Crippen molar-refractivity contribution in [3.8, 4) is 6.07 Å². The number of hydrogen-bond donors (Lipinski definition) is 3. The summed E-state index contributed by atoms with van der Waals surface area (Å²) in [6.45, 7) is 6.68. The Bertz CT molecular complexity index is 1620. The molecular formula is C37H46N6O5. The van der Waals surface area contributed by atoms with Crippen molar-refractivity contribution in [3.63, 3.8) is 0 Å². The van der Waals surface area contributed by atoms with Gasteiger partial charge in [-0.25, -0.2) is 19.8 Å². The van der Waals surface area contributed by atoms with Gasteiger partial charge in [-0.05, 0) is 69.6 Å². The van der Waals surface area contributed by atoms with Crippen molar-refractivity contribution in [2.75, 3.05) is 19.6 Å². The number of aliphatic hydroxyl groups excluding tert-OH is 1. The highest BCUT2D eigenvalue weighted by Crippen LogP contribution is 2.36. The second-order valence-electron chi connectivity index (χ2n) is 13.9. The van der Waals surface area contributed by atoms with E-state index in [4.69, 9.17) is 4.74 Å². The van der Waals surface area contributed by atoms with Crippen LogP contribution in [0.15, 0.2) is 66.7 Å². The Hall–Kier alpha value is -4.53. The first-order valence-corrected chi connectivity index (χ1v) is 16.8. The fourth-order valence-electron chi connectivity index (χ4n) is 6.65. The third kappa shape index (κ3) is 9.08. The van der Waals surface area contributed by atoms with Gasteiger partial charge in [0.1, 0.15) is 17.3 Å². The number of benzene rings is 2. The fraction of sp³-hybridized carbons (Fsp3) is 0.486. The molecule has 5 atom stereocenters. The van der Waals surface area contributed by atoms with E-state index < -0.39 is 41.7 Å². The number of aliphatic hydroxyl groups is 1. The molecule has 2 aromatic carbocycles. The number of para-hydroxylation sites is 1. The van der Waals surface area contributed by atoms with Crippen LogP contribution in [0.25, 0.3) is 10.9 Å². The number of nitriles is 1. The molecule has 1 aliphatic carbocycles. The van der Waals surface area contributed by atoms with E-state index in [1.807, 2.05) is 80.4 Å². The molecule has 3 unspecified atom stereocenters. The zero-order chi connectivity index (χ0) is 34.3. The monoisotopic (exact) mass is 654 g/mol. The first-order chi connectivity index (χ1) is 23.0. The van der Waals surface area contributed by atoms with E-state index in [2.05, 4.69) is 15.6 Å². The largest absolute Gasteiger partial charge is 0.443 e. The average Bonchev–Trinajstić information content (AvgIpc) is 3.06. The molecular weight excluding hydrogens is 608 g/mol. The van der Waals surface area contributed by atoms with E-state index >= 15 is 0 Å². The Morgan fingerprint density at radius 1 is 0.979 bits per heavy atom. The van der Waals surface area contributed by atoms with E-state index in [-0.39, 0.29) is 18.7 Å². The minimum absolute atomic E-state index is 0.0799. The van der Waals surface area contributed by atoms with Gasteiger partial charge in [-0.3, -0.25) is 9.59 Å². The maximum absolute atomic E-state index is 13.7. The number of aromatic nitrogens is 1. The van der Waals surface area contributed by atoms with Crippen LogP contribution in [0, 0.1) is 23.2 Å². The van der Waals surface area contributed by atoms with Crippen molar-refractivity contribution in [3.05, 3.63) is 78.0 Å². The first kappa shape index (κ1) is 34.8. The van der Waals surface area contributed by atoms with Gasteiger partial charge in [-0.15, -0.1) is 0 Å². The summed E-state index contributed by atoms with van der Waals surface area (Å²) in [6.07, 6.45) is 2.84. The number of β-amino-alcohol motifs (C(OH)–C–C–N with tert-alkyl or cyclic N) is 1. The number of carbonyl (C=O) groups is 3. The second-order valence-corrected chi connectivity index (χ2v) is 13.9. The number of hydrogen-bond acceptors (Lipinski definition) is 8. The Morgan fingerprint density at radius 3 is 2.38 bits per heavy atom. The summed E-state index contributed by atoms with van der Waals surface area (Å²) in [6, 6.07) is 20.2. The van der Waals surface area contributed by atoms with E-state index in [1.165, 1.54) is 0 Å². The summed E-state index contributed by atoms with van der Waals surface area (Å²) in [4.78, 5) is 44.7. The normalized spacial score (nSPS) is 20.1. The fourth-order valence-corrected chi connectivity index (χ4v) is 6.65. The van der Waals surface area contributed by atoms with Gasteiger partial charge in [0.2, 0.25) is 5.91 Å². The molecule has 1 aromatic heterocycles. The molecule has 0 spiro atoms. The van der Waals surface area contributed by atoms with Crippen molar-refractivity contribution in [2.24, 2.45) is 11.8 Å². The van der Waals surface area contributed by atoms with Gasteiger partial charge in [0.15, 0.2) is 0 Å². The van der Waals surface area contributed by atoms with Crippen molar-refractivity contribution in [1.82, 2.24) is 25.6 Å². The minimum atomic E-state index is -1.18. The SMILES string of the molecule is CC(C)(C)OC(=O)N1CC2CCCCC2CN1CC(O)[C@H](Cc1ccccc1)NC(=O)[C@H](CC#N)NC(=O)c1ccc2ccccc2n1. The van der Waals surface area contributed by atoms with Gasteiger partial charge in [-0.2, -0.15) is 5.26 Å². The molecule has 2 aliphatic rings. The van der Waals surface area contributed by atoms with Gasteiger partial charge < -0.3 is 20.5 Å². The van der Waals surface area contributed by atoms with Gasteiger partial charge in [0, 0.05) is 25.0 Å². The minimum Gasteiger partial charge on any atom is -0.443 e. The van der Waals surface area contributed by atoms with Crippen LogP contribution in [-0.2, 0) is 16.0 Å². The lowest BCUT2D eigenvalue weighted by molar-refractivity contribution is -0.128. The maximum atomic E-state index is 13.7. The van der Waals surface area contributed by atoms with Crippen LogP contribution in [0.3, 0.4) is 0 Å². The van der Waals surface area contributed by atoms with Crippen LogP contribution in [-0.4, -0.2) is 81.4 Å². The Morgan fingerprint density at radius 2 is 1.67 bits per heavy atom. The highest BCUT2D eigenvalue weighted by atomic mass is 16.6. The van der Waals surface area contributed by atoms with Crippen molar-refractivity contribution in [2.45, 2.75) is 83.1 Å². The zero-order valence-corrected chi connectivity index (χ0v) is 28.0. The number of rotatable bonds is 10. The topological polar surface area (TPSA) is 148 Å². The number of hydrazine groups is 1. The molecule has 2 fully saturated rings. The molecule has 11 heteroatoms. The summed E-state index contributed by atoms with van der Waals surface area (Å²) in [5, 5.41) is 31.3. The molecule has 1 aliphatic heterocycles. The quantitative estimate of drug-likeness (QED) is 0.287. The van der Waals surface area contributed by atoms with Crippen molar-refractivity contribution >= 4 is 28.8 Å². The lowest BCUT2D eigenvalue weighted by Gasteiger charge is -2.48. The Kier molecular flexibility index (Phi) is 11.3. The highest BCUT2D eigenvalue weighted by molar-refractivity contribution is 5.98. The molecule has 3 aromatic rings. The summed E-state index contributed by atoms with van der Waals surface area (Å²) >= 11 is 0. The summed E-state index contributed by atoms with van der Waals surface area (Å²) < 4.78 is 5.76. The number of pyridine rings is 1. The lowest BCUT2D eigenvalue weighted by atomic mass is 9.77. The molecule has 2 heterocycles.